The molecule has 6 nitrogen and oxygen atoms in total. The van der Waals surface area contributed by atoms with Gasteiger partial charge in [-0.3, -0.25) is 4.79 Å². The van der Waals surface area contributed by atoms with Gasteiger partial charge in [-0.25, -0.2) is 8.42 Å². The first-order chi connectivity index (χ1) is 13.8. The summed E-state index contributed by atoms with van der Waals surface area (Å²) in [4.78, 5) is 14.8. The van der Waals surface area contributed by atoms with Crippen LogP contribution < -0.4 is 10.2 Å². The molecule has 2 aromatic rings. The fourth-order valence-electron chi connectivity index (χ4n) is 3.09. The second-order valence-electron chi connectivity index (χ2n) is 6.41. The molecule has 1 amide bonds. The van der Waals surface area contributed by atoms with Crippen LogP contribution in [0.1, 0.15) is 38.1 Å². The van der Waals surface area contributed by atoms with E-state index in [4.69, 9.17) is 11.6 Å². The van der Waals surface area contributed by atoms with Crippen LogP contribution >= 0.6 is 11.6 Å². The summed E-state index contributed by atoms with van der Waals surface area (Å²) >= 11 is 6.14. The van der Waals surface area contributed by atoms with Crippen molar-refractivity contribution in [3.05, 3.63) is 53.1 Å². The van der Waals surface area contributed by atoms with Gasteiger partial charge in [0, 0.05) is 43.1 Å². The number of anilines is 2. The Morgan fingerprint density at radius 1 is 0.931 bits per heavy atom. The Labute approximate surface area is 178 Å². The van der Waals surface area contributed by atoms with Crippen molar-refractivity contribution in [2.24, 2.45) is 0 Å². The van der Waals surface area contributed by atoms with Crippen LogP contribution in [0.3, 0.4) is 0 Å². The predicted octanol–water partition coefficient (Wildman–Crippen LogP) is 4.47. The molecule has 0 radical (unpaired) electrons. The Bertz CT molecular complexity index is 938. The van der Waals surface area contributed by atoms with Gasteiger partial charge in [0.15, 0.2) is 0 Å². The normalized spacial score (nSPS) is 11.5. The molecule has 0 heterocycles. The standard InChI is InChI=1S/C21H28ClN3O3S/c1-5-24(6-2)18-12-10-17(11-13-18)23-21(26)16-9-14-19(22)20(15-16)29(27,28)25(7-3)8-4/h9-15H,5-8H2,1-4H3,(H,23,26). The lowest BCUT2D eigenvalue weighted by atomic mass is 10.2. The number of carbonyl (C=O) groups is 1. The predicted molar refractivity (Wildman–Crippen MR) is 120 cm³/mol. The summed E-state index contributed by atoms with van der Waals surface area (Å²) in [5.41, 5.74) is 1.94. The van der Waals surface area contributed by atoms with Crippen molar-refractivity contribution in [3.63, 3.8) is 0 Å². The summed E-state index contributed by atoms with van der Waals surface area (Å²) in [6, 6.07) is 11.8. The third kappa shape index (κ3) is 5.29. The first-order valence-electron chi connectivity index (χ1n) is 9.74. The number of carbonyl (C=O) groups excluding carboxylic acids is 1. The SMILES string of the molecule is CCN(CC)c1ccc(NC(=O)c2ccc(Cl)c(S(=O)(=O)N(CC)CC)c2)cc1. The highest BCUT2D eigenvalue weighted by Gasteiger charge is 2.25. The van der Waals surface area contributed by atoms with Crippen LogP contribution in [0.5, 0.6) is 0 Å². The largest absolute Gasteiger partial charge is 0.372 e. The average Bonchev–Trinajstić information content (AvgIpc) is 2.71. The Morgan fingerprint density at radius 2 is 1.52 bits per heavy atom. The minimum absolute atomic E-state index is 0.0626. The molecular formula is C21H28ClN3O3S. The number of nitrogens with one attached hydrogen (secondary N) is 1. The van der Waals surface area contributed by atoms with Gasteiger partial charge in [0.05, 0.1) is 5.02 Å². The molecule has 0 bridgehead atoms. The molecule has 158 valence electrons. The number of benzene rings is 2. The number of rotatable bonds is 9. The zero-order valence-electron chi connectivity index (χ0n) is 17.3. The quantitative estimate of drug-likeness (QED) is 0.628. The summed E-state index contributed by atoms with van der Waals surface area (Å²) in [5, 5.41) is 2.90. The van der Waals surface area contributed by atoms with E-state index in [9.17, 15) is 13.2 Å². The van der Waals surface area contributed by atoms with Crippen LogP contribution in [0.25, 0.3) is 0 Å². The van der Waals surface area contributed by atoms with Gasteiger partial charge in [-0.15, -0.1) is 0 Å². The molecular weight excluding hydrogens is 410 g/mol. The molecule has 1 N–H and O–H groups in total. The molecule has 0 spiro atoms. The summed E-state index contributed by atoms with van der Waals surface area (Å²) < 4.78 is 26.9. The van der Waals surface area contributed by atoms with Crippen LogP contribution in [-0.2, 0) is 10.0 Å². The van der Waals surface area contributed by atoms with E-state index in [1.807, 2.05) is 24.3 Å². The Balaban J connectivity index is 2.26. The first-order valence-corrected chi connectivity index (χ1v) is 11.6. The highest BCUT2D eigenvalue weighted by molar-refractivity contribution is 7.89. The molecule has 0 aliphatic rings. The van der Waals surface area contributed by atoms with Crippen LogP contribution in [-0.4, -0.2) is 44.8 Å². The van der Waals surface area contributed by atoms with Gasteiger partial charge in [-0.1, -0.05) is 25.4 Å². The molecule has 0 aliphatic carbocycles. The Hall–Kier alpha value is -2.09. The van der Waals surface area contributed by atoms with Gasteiger partial charge in [-0.2, -0.15) is 4.31 Å². The average molecular weight is 438 g/mol. The lowest BCUT2D eigenvalue weighted by Gasteiger charge is -2.21. The second-order valence-corrected chi connectivity index (χ2v) is 8.72. The van der Waals surface area contributed by atoms with Crippen molar-refractivity contribution >= 4 is 38.9 Å². The van der Waals surface area contributed by atoms with Crippen molar-refractivity contribution in [3.8, 4) is 0 Å². The van der Waals surface area contributed by atoms with Crippen molar-refractivity contribution in [2.45, 2.75) is 32.6 Å². The van der Waals surface area contributed by atoms with E-state index in [2.05, 4.69) is 24.1 Å². The third-order valence-corrected chi connectivity index (χ3v) is 7.30. The number of amides is 1. The van der Waals surface area contributed by atoms with Gasteiger partial charge in [0.1, 0.15) is 4.90 Å². The fraction of sp³-hybridized carbons (Fsp3) is 0.381. The lowest BCUT2D eigenvalue weighted by molar-refractivity contribution is 0.102. The molecule has 0 saturated heterocycles. The topological polar surface area (TPSA) is 69.7 Å². The molecule has 0 unspecified atom stereocenters. The van der Waals surface area contributed by atoms with Crippen molar-refractivity contribution in [1.82, 2.24) is 4.31 Å². The van der Waals surface area contributed by atoms with E-state index < -0.39 is 15.9 Å². The van der Waals surface area contributed by atoms with Crippen LogP contribution in [0.4, 0.5) is 11.4 Å². The summed E-state index contributed by atoms with van der Waals surface area (Å²) in [7, 11) is -3.77. The van der Waals surface area contributed by atoms with Gasteiger partial charge >= 0.3 is 0 Å². The third-order valence-electron chi connectivity index (χ3n) is 4.77. The number of sulfonamides is 1. The number of hydrogen-bond donors (Lipinski definition) is 1. The maximum Gasteiger partial charge on any atom is 0.255 e. The second kappa shape index (κ2) is 10.1. The maximum absolute atomic E-state index is 12.8. The van der Waals surface area contributed by atoms with Crippen LogP contribution in [0.15, 0.2) is 47.4 Å². The van der Waals surface area contributed by atoms with Crippen molar-refractivity contribution in [1.29, 1.82) is 0 Å². The number of nitrogens with zero attached hydrogens (tertiary/aromatic N) is 2. The molecule has 8 heteroatoms. The zero-order valence-corrected chi connectivity index (χ0v) is 18.8. The van der Waals surface area contributed by atoms with Crippen molar-refractivity contribution in [2.75, 3.05) is 36.4 Å². The minimum Gasteiger partial charge on any atom is -0.372 e. The van der Waals surface area contributed by atoms with E-state index in [0.717, 1.165) is 18.8 Å². The van der Waals surface area contributed by atoms with Gasteiger partial charge in [0.2, 0.25) is 10.0 Å². The summed E-state index contributed by atoms with van der Waals surface area (Å²) in [5.74, 6) is -0.395. The fourth-order valence-corrected chi connectivity index (χ4v) is 5.05. The maximum atomic E-state index is 12.8. The number of hydrogen-bond acceptors (Lipinski definition) is 4. The summed E-state index contributed by atoms with van der Waals surface area (Å²) in [6.07, 6.45) is 0. The molecule has 0 fully saturated rings. The smallest absolute Gasteiger partial charge is 0.255 e. The van der Waals surface area contributed by atoms with Crippen LogP contribution in [0.2, 0.25) is 5.02 Å². The molecule has 0 aromatic heterocycles. The minimum atomic E-state index is -3.77. The summed E-state index contributed by atoms with van der Waals surface area (Å²) in [6.45, 7) is 10.1. The molecule has 29 heavy (non-hydrogen) atoms. The van der Waals surface area contributed by atoms with E-state index in [1.165, 1.54) is 22.5 Å². The molecule has 0 atom stereocenters. The zero-order chi connectivity index (χ0) is 21.6. The van der Waals surface area contributed by atoms with Gasteiger partial charge in [0.25, 0.3) is 5.91 Å². The highest BCUT2D eigenvalue weighted by atomic mass is 35.5. The van der Waals surface area contributed by atoms with Crippen molar-refractivity contribution < 1.29 is 13.2 Å². The molecule has 0 saturated carbocycles. The van der Waals surface area contributed by atoms with Gasteiger partial charge < -0.3 is 10.2 Å². The molecule has 2 rings (SSSR count). The number of halogens is 1. The van der Waals surface area contributed by atoms with E-state index in [0.29, 0.717) is 18.8 Å². The molecule has 0 aliphatic heterocycles. The van der Waals surface area contributed by atoms with Crippen LogP contribution in [0, 0.1) is 0 Å². The highest BCUT2D eigenvalue weighted by Crippen LogP contribution is 2.26. The van der Waals surface area contributed by atoms with E-state index >= 15 is 0 Å². The van der Waals surface area contributed by atoms with E-state index in [1.54, 1.807) is 13.8 Å². The monoisotopic (exact) mass is 437 g/mol. The first kappa shape index (κ1) is 23.2. The lowest BCUT2D eigenvalue weighted by Crippen LogP contribution is -2.31. The van der Waals surface area contributed by atoms with E-state index in [-0.39, 0.29) is 15.5 Å². The van der Waals surface area contributed by atoms with Gasteiger partial charge in [-0.05, 0) is 56.3 Å². The Kier molecular flexibility index (Phi) is 8.07. The molecule has 2 aromatic carbocycles. The Morgan fingerprint density at radius 3 is 2.03 bits per heavy atom.